The second-order valence-corrected chi connectivity index (χ2v) is 6.80. The smallest absolute Gasteiger partial charge is 0.314 e. The lowest BCUT2D eigenvalue weighted by molar-refractivity contribution is 0.0501. The number of oxazole rings is 1. The van der Waals surface area contributed by atoms with Crippen molar-refractivity contribution in [3.8, 4) is 11.5 Å². The first-order valence-corrected chi connectivity index (χ1v) is 8.80. The second kappa shape index (κ2) is 7.70. The van der Waals surface area contributed by atoms with Gasteiger partial charge in [0, 0.05) is 25.1 Å². The molecule has 3 rings (SSSR count). The van der Waals surface area contributed by atoms with Gasteiger partial charge in [-0.25, -0.2) is 9.78 Å². The van der Waals surface area contributed by atoms with E-state index in [1.54, 1.807) is 6.26 Å². The van der Waals surface area contributed by atoms with Crippen molar-refractivity contribution in [2.45, 2.75) is 44.6 Å². The van der Waals surface area contributed by atoms with Gasteiger partial charge in [0.2, 0.25) is 5.89 Å². The van der Waals surface area contributed by atoms with E-state index in [0.717, 1.165) is 36.9 Å². The Morgan fingerprint density at radius 2 is 1.96 bits per heavy atom. The summed E-state index contributed by atoms with van der Waals surface area (Å²) in [6.07, 6.45) is 5.77. The molecule has 1 heterocycles. The van der Waals surface area contributed by atoms with E-state index < -0.39 is 5.60 Å². The summed E-state index contributed by atoms with van der Waals surface area (Å²) in [7, 11) is 0. The summed E-state index contributed by atoms with van der Waals surface area (Å²) in [6, 6.07) is 7.73. The molecule has 1 aliphatic rings. The lowest BCUT2D eigenvalue weighted by atomic mass is 10.0. The largest absolute Gasteiger partial charge is 0.444 e. The molecule has 0 unspecified atom stereocenters. The number of aromatic nitrogens is 1. The Balaban J connectivity index is 1.41. The molecule has 3 N–H and O–H groups in total. The molecule has 25 heavy (non-hydrogen) atoms. The van der Waals surface area contributed by atoms with E-state index in [1.807, 2.05) is 31.2 Å². The first-order chi connectivity index (χ1) is 12.0. The molecule has 0 spiro atoms. The molecule has 1 aromatic carbocycles. The van der Waals surface area contributed by atoms with E-state index in [9.17, 15) is 9.90 Å². The number of aryl methyl sites for hydroxylation is 1. The average molecular weight is 343 g/mol. The molecular formula is C19H25N3O3. The lowest BCUT2D eigenvalue weighted by Gasteiger charge is -2.22. The van der Waals surface area contributed by atoms with E-state index in [0.29, 0.717) is 25.4 Å². The maximum absolute atomic E-state index is 11.8. The van der Waals surface area contributed by atoms with Crippen LogP contribution in [0.2, 0.25) is 0 Å². The number of nitrogens with zero attached hydrogens (tertiary/aromatic N) is 1. The van der Waals surface area contributed by atoms with Crippen molar-refractivity contribution in [1.29, 1.82) is 0 Å². The summed E-state index contributed by atoms with van der Waals surface area (Å²) in [6.45, 7) is 2.80. The Morgan fingerprint density at radius 1 is 1.24 bits per heavy atom. The minimum atomic E-state index is -0.730. The summed E-state index contributed by atoms with van der Waals surface area (Å²) >= 11 is 0. The molecule has 0 atom stereocenters. The number of carbonyl (C=O) groups excluding carboxylic acids is 1. The van der Waals surface area contributed by atoms with Gasteiger partial charge >= 0.3 is 6.03 Å². The summed E-state index contributed by atoms with van der Waals surface area (Å²) in [5.41, 5.74) is 2.19. The number of rotatable bonds is 6. The number of nitrogens with one attached hydrogen (secondary N) is 2. The van der Waals surface area contributed by atoms with Crippen LogP contribution in [0, 0.1) is 6.92 Å². The van der Waals surface area contributed by atoms with Crippen LogP contribution >= 0.6 is 0 Å². The molecule has 0 bridgehead atoms. The van der Waals surface area contributed by atoms with Crippen molar-refractivity contribution in [2.24, 2.45) is 0 Å². The number of benzene rings is 1. The van der Waals surface area contributed by atoms with Crippen LogP contribution in [0.5, 0.6) is 0 Å². The molecule has 0 radical (unpaired) electrons. The quantitative estimate of drug-likeness (QED) is 0.753. The number of hydrogen-bond donors (Lipinski definition) is 3. The number of carbonyl (C=O) groups is 1. The lowest BCUT2D eigenvalue weighted by Crippen LogP contribution is -2.45. The fraction of sp³-hybridized carbons (Fsp3) is 0.474. The average Bonchev–Trinajstić information content (AvgIpc) is 3.24. The zero-order valence-corrected chi connectivity index (χ0v) is 14.5. The Kier molecular flexibility index (Phi) is 5.38. The van der Waals surface area contributed by atoms with Crippen molar-refractivity contribution >= 4 is 6.03 Å². The summed E-state index contributed by atoms with van der Waals surface area (Å²) in [4.78, 5) is 16.3. The molecule has 2 amide bonds. The fourth-order valence-electron chi connectivity index (χ4n) is 3.07. The zero-order chi connectivity index (χ0) is 17.7. The Labute approximate surface area is 147 Å². The maximum Gasteiger partial charge on any atom is 0.314 e. The normalized spacial score (nSPS) is 15.9. The number of aliphatic hydroxyl groups is 1. The highest BCUT2D eigenvalue weighted by atomic mass is 16.3. The van der Waals surface area contributed by atoms with Gasteiger partial charge in [0.05, 0.1) is 11.3 Å². The predicted molar refractivity (Wildman–Crippen MR) is 95.2 cm³/mol. The molecule has 134 valence electrons. The molecule has 6 nitrogen and oxygen atoms in total. The molecule has 1 fully saturated rings. The minimum Gasteiger partial charge on any atom is -0.444 e. The highest BCUT2D eigenvalue weighted by Gasteiger charge is 2.31. The van der Waals surface area contributed by atoms with Crippen LogP contribution < -0.4 is 10.6 Å². The highest BCUT2D eigenvalue weighted by molar-refractivity contribution is 5.73. The Hall–Kier alpha value is -2.34. The van der Waals surface area contributed by atoms with Crippen LogP contribution in [-0.2, 0) is 6.42 Å². The Bertz CT molecular complexity index is 703. The number of hydrogen-bond acceptors (Lipinski definition) is 4. The summed E-state index contributed by atoms with van der Waals surface area (Å²) in [5, 5.41) is 15.7. The molecular weight excluding hydrogens is 318 g/mol. The van der Waals surface area contributed by atoms with Crippen molar-refractivity contribution in [2.75, 3.05) is 13.1 Å². The van der Waals surface area contributed by atoms with Crippen molar-refractivity contribution < 1.29 is 14.3 Å². The first kappa shape index (κ1) is 17.5. The number of urea groups is 1. The van der Waals surface area contributed by atoms with Gasteiger partial charge in [-0.2, -0.15) is 0 Å². The van der Waals surface area contributed by atoms with Gasteiger partial charge in [0.15, 0.2) is 0 Å². The molecule has 6 heteroatoms. The van der Waals surface area contributed by atoms with Crippen LogP contribution in [0.15, 0.2) is 34.9 Å². The third kappa shape index (κ3) is 4.82. The van der Waals surface area contributed by atoms with Gasteiger partial charge in [0.25, 0.3) is 0 Å². The molecule has 0 aliphatic heterocycles. The van der Waals surface area contributed by atoms with Gasteiger partial charge in [0.1, 0.15) is 6.26 Å². The van der Waals surface area contributed by atoms with Gasteiger partial charge in [-0.3, -0.25) is 0 Å². The fourth-order valence-corrected chi connectivity index (χ4v) is 3.07. The van der Waals surface area contributed by atoms with Gasteiger partial charge in [-0.05, 0) is 31.9 Å². The summed E-state index contributed by atoms with van der Waals surface area (Å²) in [5.74, 6) is 0.586. The van der Waals surface area contributed by atoms with Crippen molar-refractivity contribution in [3.05, 3.63) is 41.8 Å². The third-order valence-corrected chi connectivity index (χ3v) is 4.63. The predicted octanol–water partition coefficient (Wildman–Crippen LogP) is 2.80. The van der Waals surface area contributed by atoms with Crippen LogP contribution in [0.1, 0.15) is 36.9 Å². The first-order valence-electron chi connectivity index (χ1n) is 8.80. The van der Waals surface area contributed by atoms with E-state index in [1.165, 1.54) is 5.56 Å². The number of amides is 2. The van der Waals surface area contributed by atoms with E-state index in [4.69, 9.17) is 4.42 Å². The van der Waals surface area contributed by atoms with Gasteiger partial charge < -0.3 is 20.2 Å². The van der Waals surface area contributed by atoms with E-state index >= 15 is 0 Å². The minimum absolute atomic E-state index is 0.262. The van der Waals surface area contributed by atoms with Crippen LogP contribution in [0.3, 0.4) is 0 Å². The molecule has 2 aromatic rings. The highest BCUT2D eigenvalue weighted by Crippen LogP contribution is 2.28. The van der Waals surface area contributed by atoms with E-state index in [-0.39, 0.29) is 6.03 Å². The van der Waals surface area contributed by atoms with Gasteiger partial charge in [-0.1, -0.05) is 30.5 Å². The third-order valence-electron chi connectivity index (χ3n) is 4.63. The standard InChI is InChI=1S/C19H25N3O3/c1-14-4-6-15(7-5-14)17-22-16(12-25-17)8-11-20-18(23)21-13-19(24)9-2-3-10-19/h4-7,12,24H,2-3,8-11,13H2,1H3,(H2,20,21,23). The van der Waals surface area contributed by atoms with Crippen LogP contribution in [-0.4, -0.2) is 34.8 Å². The topological polar surface area (TPSA) is 87.4 Å². The monoisotopic (exact) mass is 343 g/mol. The molecule has 1 aromatic heterocycles. The van der Waals surface area contributed by atoms with Crippen molar-refractivity contribution in [3.63, 3.8) is 0 Å². The Morgan fingerprint density at radius 3 is 2.68 bits per heavy atom. The maximum atomic E-state index is 11.8. The van der Waals surface area contributed by atoms with E-state index in [2.05, 4.69) is 15.6 Å². The SMILES string of the molecule is Cc1ccc(-c2nc(CCNC(=O)NCC3(O)CCCC3)co2)cc1. The molecule has 1 saturated carbocycles. The zero-order valence-electron chi connectivity index (χ0n) is 14.5. The van der Waals surface area contributed by atoms with Gasteiger partial charge in [-0.15, -0.1) is 0 Å². The summed E-state index contributed by atoms with van der Waals surface area (Å²) < 4.78 is 5.50. The molecule has 0 saturated heterocycles. The van der Waals surface area contributed by atoms with Crippen LogP contribution in [0.25, 0.3) is 11.5 Å². The second-order valence-electron chi connectivity index (χ2n) is 6.80. The molecule has 1 aliphatic carbocycles. The van der Waals surface area contributed by atoms with Crippen LogP contribution in [0.4, 0.5) is 4.79 Å². The van der Waals surface area contributed by atoms with Crippen molar-refractivity contribution in [1.82, 2.24) is 15.6 Å².